The number of aryl methyl sites for hydroxylation is 1. The lowest BCUT2D eigenvalue weighted by Crippen LogP contribution is -2.18. The van der Waals surface area contributed by atoms with Crippen LogP contribution in [0.25, 0.3) is 31.7 Å². The molecule has 0 amide bonds. The van der Waals surface area contributed by atoms with Crippen molar-refractivity contribution in [3.8, 4) is 11.3 Å². The first kappa shape index (κ1) is 17.3. The zero-order chi connectivity index (χ0) is 19.2. The van der Waals surface area contributed by atoms with Gasteiger partial charge in [-0.25, -0.2) is 15.0 Å². The molecule has 1 unspecified atom stereocenters. The molecule has 0 radical (unpaired) electrons. The Morgan fingerprint density at radius 2 is 1.97 bits per heavy atom. The molecule has 0 spiro atoms. The second kappa shape index (κ2) is 7.04. The molecule has 4 aromatic rings. The second-order valence-corrected chi connectivity index (χ2v) is 8.83. The molecule has 1 aromatic carbocycles. The fourth-order valence-electron chi connectivity index (χ4n) is 4.67. The zero-order valence-electron chi connectivity index (χ0n) is 16.1. The third-order valence-corrected chi connectivity index (χ3v) is 7.12. The highest BCUT2D eigenvalue weighted by Gasteiger charge is 2.25. The maximum Gasteiger partial charge on any atom is 0.147 e. The molecule has 5 nitrogen and oxygen atoms in total. The Balaban J connectivity index is 1.50. The molecule has 1 N–H and O–H groups in total. The summed E-state index contributed by atoms with van der Waals surface area (Å²) in [7, 11) is 0. The van der Waals surface area contributed by atoms with Gasteiger partial charge in [0, 0.05) is 24.1 Å². The smallest absolute Gasteiger partial charge is 0.147 e. The van der Waals surface area contributed by atoms with E-state index < -0.39 is 0 Å². The molecule has 0 bridgehead atoms. The minimum atomic E-state index is 0.279. The van der Waals surface area contributed by atoms with Gasteiger partial charge in [0.25, 0.3) is 0 Å². The third-order valence-electron chi connectivity index (χ3n) is 6.04. The lowest BCUT2D eigenvalue weighted by atomic mass is 10.0. The lowest BCUT2D eigenvalue weighted by Gasteiger charge is -2.11. The van der Waals surface area contributed by atoms with Crippen LogP contribution in [0.2, 0.25) is 0 Å². The van der Waals surface area contributed by atoms with Crippen LogP contribution in [-0.4, -0.2) is 34.2 Å². The number of hydrogen-bond acceptors (Lipinski definition) is 6. The van der Waals surface area contributed by atoms with Crippen LogP contribution in [0.3, 0.4) is 0 Å². The first-order valence-corrected chi connectivity index (χ1v) is 11.2. The molecule has 29 heavy (non-hydrogen) atoms. The minimum Gasteiger partial charge on any atom is -0.376 e. The summed E-state index contributed by atoms with van der Waals surface area (Å²) in [5, 5.41) is 4.75. The van der Waals surface area contributed by atoms with Crippen molar-refractivity contribution in [2.45, 2.75) is 38.2 Å². The standard InChI is InChI=1S/C23H22N4OS/c1-2-6-14(7-3-1)19-17-10-4-9-16(17)18-20-21(29-23(18)27-19)22(26-13-25-20)24-12-15-8-5-11-28-15/h1-3,6-7,13,15H,4-5,8-12H2,(H,24,25,26). The molecule has 6 rings (SSSR count). The normalized spacial score (nSPS) is 18.6. The highest BCUT2D eigenvalue weighted by Crippen LogP contribution is 2.43. The van der Waals surface area contributed by atoms with Crippen LogP contribution >= 0.6 is 11.3 Å². The van der Waals surface area contributed by atoms with Gasteiger partial charge in [-0.3, -0.25) is 0 Å². The molecule has 1 aliphatic heterocycles. The number of anilines is 1. The molecule has 0 saturated carbocycles. The Labute approximate surface area is 173 Å². The van der Waals surface area contributed by atoms with Gasteiger partial charge in [0.1, 0.15) is 17.0 Å². The monoisotopic (exact) mass is 402 g/mol. The summed E-state index contributed by atoms with van der Waals surface area (Å²) in [6.45, 7) is 1.66. The predicted octanol–water partition coefficient (Wildman–Crippen LogP) is 4.99. The number of ether oxygens (including phenoxy) is 1. The number of fused-ring (bicyclic) bond motifs is 5. The SMILES string of the molecule is c1ccc(-c2nc3sc4c(NCC5CCCO5)ncnc4c3c3c2CCC3)cc1. The Bertz CT molecular complexity index is 1200. The Hall–Kier alpha value is -2.57. The number of nitrogens with one attached hydrogen (secondary N) is 1. The van der Waals surface area contributed by atoms with Crippen LogP contribution in [0.5, 0.6) is 0 Å². The molecule has 4 heterocycles. The van der Waals surface area contributed by atoms with Crippen molar-refractivity contribution >= 4 is 37.6 Å². The summed E-state index contributed by atoms with van der Waals surface area (Å²) >= 11 is 1.71. The van der Waals surface area contributed by atoms with Crippen molar-refractivity contribution < 1.29 is 4.74 Å². The van der Waals surface area contributed by atoms with Crippen LogP contribution in [-0.2, 0) is 17.6 Å². The molecule has 146 valence electrons. The minimum absolute atomic E-state index is 0.279. The summed E-state index contributed by atoms with van der Waals surface area (Å²) in [5.41, 5.74) is 6.21. The summed E-state index contributed by atoms with van der Waals surface area (Å²) in [6, 6.07) is 10.6. The average molecular weight is 403 g/mol. The fourth-order valence-corrected chi connectivity index (χ4v) is 5.80. The highest BCUT2D eigenvalue weighted by atomic mass is 32.1. The van der Waals surface area contributed by atoms with Gasteiger partial charge in [0.2, 0.25) is 0 Å². The van der Waals surface area contributed by atoms with Crippen molar-refractivity contribution in [1.82, 2.24) is 15.0 Å². The van der Waals surface area contributed by atoms with Crippen LogP contribution in [0.15, 0.2) is 36.7 Å². The van der Waals surface area contributed by atoms with Gasteiger partial charge < -0.3 is 10.1 Å². The van der Waals surface area contributed by atoms with Crippen molar-refractivity contribution in [1.29, 1.82) is 0 Å². The topological polar surface area (TPSA) is 59.9 Å². The number of nitrogens with zero attached hydrogens (tertiary/aromatic N) is 3. The van der Waals surface area contributed by atoms with Crippen LogP contribution in [0, 0.1) is 0 Å². The number of aromatic nitrogens is 3. The molecular weight excluding hydrogens is 380 g/mol. The molecule has 1 aliphatic carbocycles. The molecule has 1 fully saturated rings. The van der Waals surface area contributed by atoms with Crippen LogP contribution in [0.1, 0.15) is 30.4 Å². The maximum atomic E-state index is 5.76. The second-order valence-electron chi connectivity index (χ2n) is 7.84. The number of thiophene rings is 1. The molecule has 1 saturated heterocycles. The van der Waals surface area contributed by atoms with Crippen molar-refractivity contribution in [3.05, 3.63) is 47.8 Å². The number of benzene rings is 1. The van der Waals surface area contributed by atoms with E-state index in [1.807, 2.05) is 0 Å². The van der Waals surface area contributed by atoms with E-state index in [1.165, 1.54) is 28.5 Å². The molecule has 6 heteroatoms. The summed E-state index contributed by atoms with van der Waals surface area (Å²) in [4.78, 5) is 15.4. The molecule has 3 aromatic heterocycles. The Morgan fingerprint density at radius 1 is 1.07 bits per heavy atom. The zero-order valence-corrected chi connectivity index (χ0v) is 17.0. The van der Waals surface area contributed by atoms with E-state index in [9.17, 15) is 0 Å². The first-order valence-electron chi connectivity index (χ1n) is 10.4. The number of hydrogen-bond donors (Lipinski definition) is 1. The number of rotatable bonds is 4. The molecule has 2 aliphatic rings. The van der Waals surface area contributed by atoms with Gasteiger partial charge in [0.15, 0.2) is 0 Å². The Kier molecular flexibility index (Phi) is 4.20. The predicted molar refractivity (Wildman–Crippen MR) is 118 cm³/mol. The van der Waals surface area contributed by atoms with E-state index in [0.29, 0.717) is 0 Å². The molecular formula is C23H22N4OS. The van der Waals surface area contributed by atoms with E-state index in [-0.39, 0.29) is 6.10 Å². The van der Waals surface area contributed by atoms with Gasteiger partial charge >= 0.3 is 0 Å². The molecule has 1 atom stereocenters. The number of pyridine rings is 1. The van der Waals surface area contributed by atoms with E-state index >= 15 is 0 Å². The Morgan fingerprint density at radius 3 is 2.83 bits per heavy atom. The van der Waals surface area contributed by atoms with E-state index in [1.54, 1.807) is 17.7 Å². The van der Waals surface area contributed by atoms with Gasteiger partial charge in [-0.1, -0.05) is 30.3 Å². The van der Waals surface area contributed by atoms with Crippen LogP contribution in [0.4, 0.5) is 5.82 Å². The van der Waals surface area contributed by atoms with Gasteiger partial charge in [-0.15, -0.1) is 11.3 Å². The highest BCUT2D eigenvalue weighted by molar-refractivity contribution is 7.26. The van der Waals surface area contributed by atoms with Crippen molar-refractivity contribution in [2.24, 2.45) is 0 Å². The van der Waals surface area contributed by atoms with Gasteiger partial charge in [0.05, 0.1) is 22.0 Å². The van der Waals surface area contributed by atoms with E-state index in [0.717, 1.165) is 65.4 Å². The fraction of sp³-hybridized carbons (Fsp3) is 0.348. The quantitative estimate of drug-likeness (QED) is 0.521. The van der Waals surface area contributed by atoms with Crippen molar-refractivity contribution in [2.75, 3.05) is 18.5 Å². The summed E-state index contributed by atoms with van der Waals surface area (Å²) < 4.78 is 6.86. The maximum absolute atomic E-state index is 5.76. The summed E-state index contributed by atoms with van der Waals surface area (Å²) in [6.07, 6.45) is 7.59. The average Bonchev–Trinajstić information content (AvgIpc) is 3.51. The van der Waals surface area contributed by atoms with Gasteiger partial charge in [-0.2, -0.15) is 0 Å². The lowest BCUT2D eigenvalue weighted by molar-refractivity contribution is 0.120. The third kappa shape index (κ3) is 2.90. The van der Waals surface area contributed by atoms with E-state index in [4.69, 9.17) is 9.72 Å². The van der Waals surface area contributed by atoms with Crippen LogP contribution < -0.4 is 5.32 Å². The van der Waals surface area contributed by atoms with Crippen molar-refractivity contribution in [3.63, 3.8) is 0 Å². The summed E-state index contributed by atoms with van der Waals surface area (Å²) in [5.74, 6) is 0.904. The van der Waals surface area contributed by atoms with E-state index in [2.05, 4.69) is 45.6 Å². The first-order chi connectivity index (χ1) is 14.4. The van der Waals surface area contributed by atoms with Gasteiger partial charge in [-0.05, 0) is 43.2 Å². The largest absolute Gasteiger partial charge is 0.376 e.